The highest BCUT2D eigenvalue weighted by Crippen LogP contribution is 2.24. The van der Waals surface area contributed by atoms with E-state index in [2.05, 4.69) is 20.3 Å². The van der Waals surface area contributed by atoms with Gasteiger partial charge in [0.1, 0.15) is 16.2 Å². The van der Waals surface area contributed by atoms with Gasteiger partial charge >= 0.3 is 6.09 Å². The van der Waals surface area contributed by atoms with Gasteiger partial charge in [0.05, 0.1) is 17.6 Å². The summed E-state index contributed by atoms with van der Waals surface area (Å²) in [6.45, 7) is 0.132. The molecule has 0 saturated carbocycles. The number of nitrogens with one attached hydrogen (secondary N) is 2. The van der Waals surface area contributed by atoms with Gasteiger partial charge in [-0.3, -0.25) is 4.79 Å². The minimum Gasteiger partial charge on any atom is -0.465 e. The number of amides is 2. The van der Waals surface area contributed by atoms with Gasteiger partial charge < -0.3 is 21.1 Å². The fraction of sp³-hybridized carbons (Fsp3) is 0.0769. The minimum atomic E-state index is -1.11. The summed E-state index contributed by atoms with van der Waals surface area (Å²) >= 11 is 1.32. The molecule has 5 N–H and O–H groups in total. The van der Waals surface area contributed by atoms with Crippen LogP contribution in [0.5, 0.6) is 0 Å². The molecule has 2 heterocycles. The summed E-state index contributed by atoms with van der Waals surface area (Å²) in [6.07, 6.45) is -1.11. The number of carbonyl (C=O) groups excluding carboxylic acids is 1. The molecule has 0 radical (unpaired) electrons. The van der Waals surface area contributed by atoms with Crippen molar-refractivity contribution in [3.05, 3.63) is 34.2 Å². The van der Waals surface area contributed by atoms with Crippen molar-refractivity contribution >= 4 is 34.4 Å². The van der Waals surface area contributed by atoms with E-state index in [1.54, 1.807) is 23.6 Å². The fourth-order valence-electron chi connectivity index (χ4n) is 2.00. The van der Waals surface area contributed by atoms with Crippen LogP contribution in [0.1, 0.15) is 15.4 Å². The van der Waals surface area contributed by atoms with Gasteiger partial charge in [0.25, 0.3) is 5.91 Å². The third kappa shape index (κ3) is 2.61. The number of thiazole rings is 1. The number of aromatic nitrogens is 3. The predicted octanol–water partition coefficient (Wildman–Crippen LogP) is 1.55. The summed E-state index contributed by atoms with van der Waals surface area (Å²) in [6, 6.07) is 5.11. The molecule has 0 spiro atoms. The van der Waals surface area contributed by atoms with Crippen molar-refractivity contribution < 1.29 is 14.7 Å². The standard InChI is InChI=1S/C13H11N5O3S/c14-11(19)6-2-1-3-7-10(6)18-12(17-7)8-5-22-9(16-8)4-15-13(20)21/h1-3,5,15H,4H2,(H2,14,19)(H,17,18)(H,20,21). The Balaban J connectivity index is 1.95. The number of carbonyl (C=O) groups is 2. The van der Waals surface area contributed by atoms with Crippen LogP contribution >= 0.6 is 11.3 Å². The van der Waals surface area contributed by atoms with Crippen LogP contribution in [0.25, 0.3) is 22.6 Å². The third-order valence-electron chi connectivity index (χ3n) is 2.96. The van der Waals surface area contributed by atoms with E-state index in [1.165, 1.54) is 11.3 Å². The molecule has 2 amide bonds. The van der Waals surface area contributed by atoms with Gasteiger partial charge in [0.15, 0.2) is 5.82 Å². The number of hydrogen-bond acceptors (Lipinski definition) is 5. The van der Waals surface area contributed by atoms with Crippen LogP contribution < -0.4 is 11.1 Å². The molecule has 8 nitrogen and oxygen atoms in total. The highest BCUT2D eigenvalue weighted by atomic mass is 32.1. The van der Waals surface area contributed by atoms with Crippen LogP contribution in [0.15, 0.2) is 23.6 Å². The zero-order valence-corrected chi connectivity index (χ0v) is 12.0. The molecule has 0 atom stereocenters. The molecule has 9 heteroatoms. The molecule has 112 valence electrons. The lowest BCUT2D eigenvalue weighted by atomic mass is 10.2. The largest absolute Gasteiger partial charge is 0.465 e. The number of primary amides is 1. The first-order valence-electron chi connectivity index (χ1n) is 6.24. The Bertz CT molecular complexity index is 870. The van der Waals surface area contributed by atoms with E-state index in [1.807, 2.05) is 0 Å². The Morgan fingerprint density at radius 3 is 2.91 bits per heavy atom. The summed E-state index contributed by atoms with van der Waals surface area (Å²) in [5.74, 6) is -0.0465. The molecule has 0 fully saturated rings. The van der Waals surface area contributed by atoms with Crippen molar-refractivity contribution in [2.45, 2.75) is 6.54 Å². The maximum absolute atomic E-state index is 11.4. The Morgan fingerprint density at radius 2 is 2.18 bits per heavy atom. The van der Waals surface area contributed by atoms with Gasteiger partial charge in [-0.25, -0.2) is 14.8 Å². The molecule has 0 bridgehead atoms. The number of hydrogen-bond donors (Lipinski definition) is 4. The molecule has 0 aliphatic heterocycles. The second-order valence-electron chi connectivity index (χ2n) is 4.44. The molecular weight excluding hydrogens is 306 g/mol. The summed E-state index contributed by atoms with van der Waals surface area (Å²) in [5.41, 5.74) is 7.42. The SMILES string of the molecule is NC(=O)c1cccc2[nH]c(-c3csc(CNC(=O)O)n3)nc12. The van der Waals surface area contributed by atoms with E-state index in [0.29, 0.717) is 33.1 Å². The van der Waals surface area contributed by atoms with E-state index in [0.717, 1.165) is 0 Å². The highest BCUT2D eigenvalue weighted by Gasteiger charge is 2.14. The molecule has 22 heavy (non-hydrogen) atoms. The second-order valence-corrected chi connectivity index (χ2v) is 5.38. The second kappa shape index (κ2) is 5.45. The lowest BCUT2D eigenvalue weighted by molar-refractivity contribution is 0.100. The number of H-pyrrole nitrogens is 1. The molecule has 1 aromatic carbocycles. The minimum absolute atomic E-state index is 0.132. The van der Waals surface area contributed by atoms with Crippen LogP contribution in [-0.4, -0.2) is 32.1 Å². The predicted molar refractivity (Wildman–Crippen MR) is 80.6 cm³/mol. The van der Waals surface area contributed by atoms with Crippen molar-refractivity contribution in [3.63, 3.8) is 0 Å². The average Bonchev–Trinajstić information content (AvgIpc) is 3.10. The van der Waals surface area contributed by atoms with Gasteiger partial charge in [-0.15, -0.1) is 11.3 Å². The molecular formula is C13H11N5O3S. The molecule has 0 aliphatic rings. The molecule has 0 aliphatic carbocycles. The van der Waals surface area contributed by atoms with Gasteiger partial charge in [-0.1, -0.05) is 6.07 Å². The fourth-order valence-corrected chi connectivity index (χ4v) is 2.72. The van der Waals surface area contributed by atoms with Crippen molar-refractivity contribution in [1.29, 1.82) is 0 Å². The van der Waals surface area contributed by atoms with Gasteiger partial charge in [0, 0.05) is 5.38 Å². The smallest absolute Gasteiger partial charge is 0.405 e. The van der Waals surface area contributed by atoms with Crippen LogP contribution in [0, 0.1) is 0 Å². The lowest BCUT2D eigenvalue weighted by Crippen LogP contribution is -2.19. The third-order valence-corrected chi connectivity index (χ3v) is 3.81. The number of imidazole rings is 1. The number of benzene rings is 1. The van der Waals surface area contributed by atoms with Gasteiger partial charge in [0.2, 0.25) is 0 Å². The molecule has 3 aromatic rings. The first-order chi connectivity index (χ1) is 10.5. The van der Waals surface area contributed by atoms with Crippen LogP contribution in [0.3, 0.4) is 0 Å². The number of aromatic amines is 1. The number of nitrogens with two attached hydrogens (primary N) is 1. The summed E-state index contributed by atoms with van der Waals surface area (Å²) in [5, 5.41) is 13.2. The monoisotopic (exact) mass is 317 g/mol. The zero-order valence-electron chi connectivity index (χ0n) is 11.2. The summed E-state index contributed by atoms with van der Waals surface area (Å²) in [4.78, 5) is 33.6. The molecule has 0 saturated heterocycles. The maximum Gasteiger partial charge on any atom is 0.405 e. The highest BCUT2D eigenvalue weighted by molar-refractivity contribution is 7.09. The summed E-state index contributed by atoms with van der Waals surface area (Å²) < 4.78 is 0. The number of para-hydroxylation sites is 1. The van der Waals surface area contributed by atoms with Crippen LogP contribution in [0.4, 0.5) is 4.79 Å². The average molecular weight is 317 g/mol. The number of fused-ring (bicyclic) bond motifs is 1. The first-order valence-corrected chi connectivity index (χ1v) is 7.12. The van der Waals surface area contributed by atoms with Gasteiger partial charge in [-0.2, -0.15) is 0 Å². The van der Waals surface area contributed by atoms with E-state index in [9.17, 15) is 9.59 Å². The molecule has 3 rings (SSSR count). The Kier molecular flexibility index (Phi) is 3.47. The lowest BCUT2D eigenvalue weighted by Gasteiger charge is -1.94. The quantitative estimate of drug-likeness (QED) is 0.579. The van der Waals surface area contributed by atoms with Crippen molar-refractivity contribution in [3.8, 4) is 11.5 Å². The van der Waals surface area contributed by atoms with E-state index < -0.39 is 12.0 Å². The van der Waals surface area contributed by atoms with E-state index >= 15 is 0 Å². The maximum atomic E-state index is 11.4. The topological polar surface area (TPSA) is 134 Å². The Labute approximate surface area is 128 Å². The van der Waals surface area contributed by atoms with E-state index in [-0.39, 0.29) is 6.54 Å². The first kappa shape index (κ1) is 14.0. The van der Waals surface area contributed by atoms with Crippen molar-refractivity contribution in [2.75, 3.05) is 0 Å². The van der Waals surface area contributed by atoms with E-state index in [4.69, 9.17) is 10.8 Å². The molecule has 2 aromatic heterocycles. The molecule has 0 unspecified atom stereocenters. The Morgan fingerprint density at radius 1 is 1.36 bits per heavy atom. The number of carboxylic acid groups (broad SMARTS) is 1. The van der Waals surface area contributed by atoms with Crippen LogP contribution in [-0.2, 0) is 6.54 Å². The Hall–Kier alpha value is -2.94. The number of rotatable bonds is 4. The zero-order chi connectivity index (χ0) is 15.7. The van der Waals surface area contributed by atoms with Crippen molar-refractivity contribution in [2.24, 2.45) is 5.73 Å². The summed E-state index contributed by atoms with van der Waals surface area (Å²) in [7, 11) is 0. The number of nitrogens with zero attached hydrogens (tertiary/aromatic N) is 2. The van der Waals surface area contributed by atoms with Crippen molar-refractivity contribution in [1.82, 2.24) is 20.3 Å². The normalized spacial score (nSPS) is 10.7. The van der Waals surface area contributed by atoms with Crippen LogP contribution in [0.2, 0.25) is 0 Å². The van der Waals surface area contributed by atoms with Gasteiger partial charge in [-0.05, 0) is 12.1 Å².